The van der Waals surface area contributed by atoms with Crippen molar-refractivity contribution in [2.24, 2.45) is 5.73 Å². The van der Waals surface area contributed by atoms with Gasteiger partial charge >= 0.3 is 17.6 Å². The molecule has 9 nitrogen and oxygen atoms in total. The number of fused-ring (bicyclic) bond motifs is 1. The Hall–Kier alpha value is -2.91. The Morgan fingerprint density at radius 3 is 2.48 bits per heavy atom. The molecular formula is C22H33N3O6. The van der Waals surface area contributed by atoms with Gasteiger partial charge in [-0.2, -0.15) is 0 Å². The Kier molecular flexibility index (Phi) is 11.9. The topological polar surface area (TPSA) is 155 Å². The largest absolute Gasteiger partial charge is 0.480 e. The lowest BCUT2D eigenvalue weighted by Gasteiger charge is -2.07. The lowest BCUT2D eigenvalue weighted by Crippen LogP contribution is -2.29. The Balaban J connectivity index is 0.000000304. The molecule has 31 heavy (non-hydrogen) atoms. The maximum Gasteiger partial charge on any atom is 0.336 e. The lowest BCUT2D eigenvalue weighted by atomic mass is 10.1. The number of unbranched alkanes of at least 4 members (excludes halogenated alkanes) is 2. The number of aryl methyl sites for hydroxylation is 1. The van der Waals surface area contributed by atoms with Crippen LogP contribution >= 0.6 is 0 Å². The average molecular weight is 436 g/mol. The quantitative estimate of drug-likeness (QED) is 0.326. The summed E-state index contributed by atoms with van der Waals surface area (Å²) in [7, 11) is 0. The predicted octanol–water partition coefficient (Wildman–Crippen LogP) is 2.56. The molecule has 2 heterocycles. The van der Waals surface area contributed by atoms with Crippen LogP contribution in [0.5, 0.6) is 0 Å². The number of hydrogen-bond donors (Lipinski definition) is 5. The summed E-state index contributed by atoms with van der Waals surface area (Å²) < 4.78 is 5.22. The minimum Gasteiger partial charge on any atom is -0.480 e. The average Bonchev–Trinajstić information content (AvgIpc) is 3.27. The van der Waals surface area contributed by atoms with Crippen LogP contribution in [0.4, 0.5) is 5.69 Å². The number of hydrogen-bond acceptors (Lipinski definition) is 7. The van der Waals surface area contributed by atoms with E-state index < -0.39 is 11.9 Å². The smallest absolute Gasteiger partial charge is 0.336 e. The summed E-state index contributed by atoms with van der Waals surface area (Å²) in [5.74, 6) is -1.69. The summed E-state index contributed by atoms with van der Waals surface area (Å²) in [5.41, 5.74) is 6.90. The number of aliphatic carboxylic acids is 2. The van der Waals surface area contributed by atoms with Crippen LogP contribution in [-0.4, -0.2) is 47.8 Å². The van der Waals surface area contributed by atoms with E-state index in [0.29, 0.717) is 5.58 Å². The van der Waals surface area contributed by atoms with Gasteiger partial charge in [-0.05, 0) is 50.4 Å². The summed E-state index contributed by atoms with van der Waals surface area (Å²) in [6, 6.07) is 7.18. The first-order chi connectivity index (χ1) is 14.8. The first-order valence-corrected chi connectivity index (χ1v) is 10.4. The molecule has 3 rings (SSSR count). The van der Waals surface area contributed by atoms with Crippen LogP contribution < -0.4 is 22.0 Å². The van der Waals surface area contributed by atoms with Crippen molar-refractivity contribution >= 4 is 28.6 Å². The Bertz CT molecular complexity index is 890. The third-order valence-corrected chi connectivity index (χ3v) is 4.59. The van der Waals surface area contributed by atoms with Gasteiger partial charge in [0.15, 0.2) is 0 Å². The van der Waals surface area contributed by atoms with Crippen LogP contribution in [0.1, 0.15) is 44.6 Å². The van der Waals surface area contributed by atoms with Gasteiger partial charge in [-0.1, -0.05) is 19.8 Å². The molecule has 0 unspecified atom stereocenters. The summed E-state index contributed by atoms with van der Waals surface area (Å²) in [6.07, 6.45) is 5.39. The van der Waals surface area contributed by atoms with E-state index in [1.54, 1.807) is 0 Å². The predicted molar refractivity (Wildman–Crippen MR) is 121 cm³/mol. The van der Waals surface area contributed by atoms with Gasteiger partial charge in [0.05, 0.1) is 6.54 Å². The summed E-state index contributed by atoms with van der Waals surface area (Å²) >= 11 is 0. The SMILES string of the molecule is CCCCCNc1ccc2c(C)cc(=O)oc2c1.NCC(=O)O.O=C(O)[C@@H]1CCCN1. The van der Waals surface area contributed by atoms with E-state index in [9.17, 15) is 14.4 Å². The monoisotopic (exact) mass is 435 g/mol. The van der Waals surface area contributed by atoms with Gasteiger partial charge in [0, 0.05) is 29.8 Å². The highest BCUT2D eigenvalue weighted by Crippen LogP contribution is 2.20. The van der Waals surface area contributed by atoms with Crippen LogP contribution in [0.25, 0.3) is 11.0 Å². The number of benzene rings is 1. The van der Waals surface area contributed by atoms with Crippen molar-refractivity contribution < 1.29 is 24.2 Å². The maximum atomic E-state index is 11.3. The third kappa shape index (κ3) is 10.1. The van der Waals surface area contributed by atoms with Gasteiger partial charge in [0.1, 0.15) is 11.6 Å². The Morgan fingerprint density at radius 1 is 1.26 bits per heavy atom. The van der Waals surface area contributed by atoms with E-state index in [1.165, 1.54) is 18.9 Å². The zero-order valence-electron chi connectivity index (χ0n) is 18.1. The first-order valence-electron chi connectivity index (χ1n) is 10.4. The molecule has 1 aromatic carbocycles. The highest BCUT2D eigenvalue weighted by Gasteiger charge is 2.20. The fourth-order valence-corrected chi connectivity index (χ4v) is 2.94. The normalized spacial score (nSPS) is 14.7. The van der Waals surface area contributed by atoms with E-state index >= 15 is 0 Å². The van der Waals surface area contributed by atoms with E-state index in [2.05, 4.69) is 23.3 Å². The minimum absolute atomic E-state index is 0.269. The molecule has 0 radical (unpaired) electrons. The van der Waals surface area contributed by atoms with Crippen molar-refractivity contribution in [1.82, 2.24) is 5.32 Å². The van der Waals surface area contributed by atoms with Crippen LogP contribution in [0.15, 0.2) is 33.5 Å². The number of carbonyl (C=O) groups is 2. The van der Waals surface area contributed by atoms with E-state index in [1.807, 2.05) is 25.1 Å². The number of carboxylic acid groups (broad SMARTS) is 2. The second-order valence-electron chi connectivity index (χ2n) is 7.18. The highest BCUT2D eigenvalue weighted by molar-refractivity contribution is 5.83. The summed E-state index contributed by atoms with van der Waals surface area (Å²) in [4.78, 5) is 30.7. The molecule has 1 aromatic heterocycles. The zero-order valence-corrected chi connectivity index (χ0v) is 18.1. The number of anilines is 1. The molecule has 1 saturated heterocycles. The Morgan fingerprint density at radius 2 is 1.97 bits per heavy atom. The molecule has 2 aromatic rings. The lowest BCUT2D eigenvalue weighted by molar-refractivity contribution is -0.139. The molecule has 0 spiro atoms. The highest BCUT2D eigenvalue weighted by atomic mass is 16.4. The van der Waals surface area contributed by atoms with Gasteiger partial charge in [0.2, 0.25) is 0 Å². The molecule has 0 aliphatic carbocycles. The molecule has 172 valence electrons. The van der Waals surface area contributed by atoms with Crippen molar-refractivity contribution in [3.8, 4) is 0 Å². The minimum atomic E-state index is -0.968. The van der Waals surface area contributed by atoms with Crippen LogP contribution in [0.3, 0.4) is 0 Å². The number of nitrogens with one attached hydrogen (secondary N) is 2. The van der Waals surface area contributed by atoms with Crippen LogP contribution in [0, 0.1) is 6.92 Å². The number of carboxylic acids is 2. The van der Waals surface area contributed by atoms with Gasteiger partial charge in [0.25, 0.3) is 0 Å². The van der Waals surface area contributed by atoms with Gasteiger partial charge < -0.3 is 31.0 Å². The summed E-state index contributed by atoms with van der Waals surface area (Å²) in [5, 5.41) is 23.1. The van der Waals surface area contributed by atoms with E-state index in [-0.39, 0.29) is 18.2 Å². The second kappa shape index (κ2) is 14.2. The number of nitrogens with two attached hydrogens (primary N) is 1. The van der Waals surface area contributed by atoms with Crippen LogP contribution in [0.2, 0.25) is 0 Å². The molecule has 1 aliphatic rings. The van der Waals surface area contributed by atoms with Gasteiger partial charge in [-0.25, -0.2) is 4.79 Å². The molecule has 0 saturated carbocycles. The second-order valence-corrected chi connectivity index (χ2v) is 7.18. The molecule has 1 atom stereocenters. The van der Waals surface area contributed by atoms with Crippen LogP contribution in [-0.2, 0) is 9.59 Å². The third-order valence-electron chi connectivity index (χ3n) is 4.59. The van der Waals surface area contributed by atoms with Gasteiger partial charge in [-0.3, -0.25) is 9.59 Å². The molecule has 9 heteroatoms. The number of rotatable bonds is 7. The van der Waals surface area contributed by atoms with Crippen molar-refractivity contribution in [2.45, 2.75) is 52.0 Å². The molecule has 1 aliphatic heterocycles. The van der Waals surface area contributed by atoms with Crippen molar-refractivity contribution in [1.29, 1.82) is 0 Å². The Labute approximate surface area is 181 Å². The zero-order chi connectivity index (χ0) is 23.2. The molecular weight excluding hydrogens is 402 g/mol. The molecule has 0 amide bonds. The van der Waals surface area contributed by atoms with Gasteiger partial charge in [-0.15, -0.1) is 0 Å². The van der Waals surface area contributed by atoms with Crippen molar-refractivity contribution in [3.63, 3.8) is 0 Å². The molecule has 0 bridgehead atoms. The van der Waals surface area contributed by atoms with E-state index in [0.717, 1.165) is 49.0 Å². The summed E-state index contributed by atoms with van der Waals surface area (Å²) in [6.45, 7) is 5.65. The standard InChI is InChI=1S/C15H19NO2.C5H9NO2.C2H5NO2/c1-3-4-5-8-16-12-6-7-13-11(2)9-15(17)18-14(13)10-12;7-5(8)4-2-1-3-6-4;3-1-2(4)5/h6-7,9-10,16H,3-5,8H2,1-2H3;4,6H,1-3H2,(H,7,8);1,3H2,(H,4,5)/t;4-;/m.0./s1. The molecule has 6 N–H and O–H groups in total. The fraction of sp³-hybridized carbons (Fsp3) is 0.500. The molecule has 1 fully saturated rings. The van der Waals surface area contributed by atoms with E-state index in [4.69, 9.17) is 14.6 Å². The fourth-order valence-electron chi connectivity index (χ4n) is 2.94. The van der Waals surface area contributed by atoms with Crippen molar-refractivity contribution in [2.75, 3.05) is 25.0 Å². The maximum absolute atomic E-state index is 11.3. The first kappa shape index (κ1) is 26.1. The van der Waals surface area contributed by atoms with Crippen molar-refractivity contribution in [3.05, 3.63) is 40.2 Å².